The fourth-order valence-corrected chi connectivity index (χ4v) is 4.88. The Morgan fingerprint density at radius 2 is 2.03 bits per heavy atom. The summed E-state index contributed by atoms with van der Waals surface area (Å²) in [5.74, 6) is -2.21. The summed E-state index contributed by atoms with van der Waals surface area (Å²) >= 11 is 1.52. The first-order chi connectivity index (χ1) is 15.2. The minimum Gasteiger partial charge on any atom is -0.475 e. The molecule has 2 aromatic heterocycles. The average Bonchev–Trinajstić information content (AvgIpc) is 3.43. The highest BCUT2D eigenvalue weighted by Gasteiger charge is 2.46. The van der Waals surface area contributed by atoms with Crippen molar-refractivity contribution in [1.29, 1.82) is 0 Å². The number of aromatic nitrogens is 1. The number of methoxy groups -OCH3 is 1. The van der Waals surface area contributed by atoms with E-state index in [1.165, 1.54) is 16.9 Å². The minimum atomic E-state index is -5.08. The van der Waals surface area contributed by atoms with Crippen LogP contribution in [0.3, 0.4) is 0 Å². The van der Waals surface area contributed by atoms with Crippen molar-refractivity contribution in [3.05, 3.63) is 52.5 Å². The Hall–Kier alpha value is -2.50. The maximum Gasteiger partial charge on any atom is 0.490 e. The molecular formula is C21H24F3N3O4S. The summed E-state index contributed by atoms with van der Waals surface area (Å²) in [7, 11) is 1.79. The zero-order chi connectivity index (χ0) is 23.3. The first-order valence-corrected chi connectivity index (χ1v) is 10.9. The number of hydrogen-bond donors (Lipinski definition) is 1. The maximum absolute atomic E-state index is 12.9. The van der Waals surface area contributed by atoms with Crippen LogP contribution in [0.2, 0.25) is 0 Å². The molecule has 32 heavy (non-hydrogen) atoms. The Labute approximate surface area is 187 Å². The number of carboxylic acids is 1. The van der Waals surface area contributed by atoms with Gasteiger partial charge in [-0.2, -0.15) is 13.2 Å². The fraction of sp³-hybridized carbons (Fsp3) is 0.476. The van der Waals surface area contributed by atoms with Gasteiger partial charge in [0.05, 0.1) is 17.0 Å². The largest absolute Gasteiger partial charge is 0.490 e. The first kappa shape index (κ1) is 24.1. The van der Waals surface area contributed by atoms with Crippen LogP contribution in [0.15, 0.2) is 42.0 Å². The molecule has 0 radical (unpaired) electrons. The quantitative estimate of drug-likeness (QED) is 0.738. The van der Waals surface area contributed by atoms with Crippen molar-refractivity contribution in [2.24, 2.45) is 5.92 Å². The van der Waals surface area contributed by atoms with Crippen molar-refractivity contribution in [3.63, 3.8) is 0 Å². The smallest absolute Gasteiger partial charge is 0.475 e. The van der Waals surface area contributed by atoms with Gasteiger partial charge in [-0.05, 0) is 29.5 Å². The molecule has 0 aliphatic carbocycles. The van der Waals surface area contributed by atoms with Gasteiger partial charge in [-0.25, -0.2) is 4.79 Å². The van der Waals surface area contributed by atoms with Gasteiger partial charge >= 0.3 is 12.1 Å². The number of alkyl halides is 3. The standard InChI is InChI=1S/C19H23N3O2S.C2HF3O2/c1-24-17-6-8-22(19(23)18-5-3-9-25-18)16-13-21(12-15(16)17)11-14-4-2-7-20-10-14;3-2(4,5)1(6)7/h2-5,7,9-10,15-17H,6,8,11-13H2,1H3;(H,6,7)/t15-,16+,17-;/m0./s1. The molecule has 0 bridgehead atoms. The van der Waals surface area contributed by atoms with E-state index in [4.69, 9.17) is 14.6 Å². The Morgan fingerprint density at radius 1 is 1.28 bits per heavy atom. The van der Waals surface area contributed by atoms with E-state index >= 15 is 0 Å². The summed E-state index contributed by atoms with van der Waals surface area (Å²) in [6.45, 7) is 3.51. The van der Waals surface area contributed by atoms with Crippen LogP contribution in [-0.2, 0) is 16.1 Å². The van der Waals surface area contributed by atoms with Crippen molar-refractivity contribution in [1.82, 2.24) is 14.8 Å². The number of pyridine rings is 1. The summed E-state index contributed by atoms with van der Waals surface area (Å²) < 4.78 is 37.5. The molecule has 4 heterocycles. The van der Waals surface area contributed by atoms with Crippen LogP contribution in [0, 0.1) is 5.92 Å². The molecule has 2 aromatic rings. The molecule has 3 atom stereocenters. The second-order valence-corrected chi connectivity index (χ2v) is 8.58. The van der Waals surface area contributed by atoms with Crippen LogP contribution in [-0.4, -0.2) is 76.8 Å². The van der Waals surface area contributed by atoms with E-state index in [1.807, 2.05) is 29.8 Å². The van der Waals surface area contributed by atoms with Gasteiger partial charge < -0.3 is 14.7 Å². The predicted octanol–water partition coefficient (Wildman–Crippen LogP) is 3.14. The first-order valence-electron chi connectivity index (χ1n) is 9.99. The lowest BCUT2D eigenvalue weighted by molar-refractivity contribution is -0.192. The third kappa shape index (κ3) is 5.84. The molecule has 0 unspecified atom stereocenters. The predicted molar refractivity (Wildman–Crippen MR) is 111 cm³/mol. The maximum atomic E-state index is 12.9. The highest BCUT2D eigenvalue weighted by atomic mass is 32.1. The van der Waals surface area contributed by atoms with Crippen molar-refractivity contribution in [2.75, 3.05) is 26.7 Å². The summed E-state index contributed by atoms with van der Waals surface area (Å²) in [4.78, 5) is 31.4. The monoisotopic (exact) mass is 471 g/mol. The van der Waals surface area contributed by atoms with E-state index in [2.05, 4.69) is 20.9 Å². The SMILES string of the molecule is CO[C@H]1CCN(C(=O)c2cccs2)[C@@H]2CN(Cc3cccnc3)C[C@H]12.O=C(O)C(F)(F)F. The molecule has 2 fully saturated rings. The van der Waals surface area contributed by atoms with E-state index in [-0.39, 0.29) is 18.1 Å². The molecule has 2 saturated heterocycles. The zero-order valence-corrected chi connectivity index (χ0v) is 18.2. The van der Waals surface area contributed by atoms with Gasteiger partial charge in [-0.15, -0.1) is 11.3 Å². The van der Waals surface area contributed by atoms with Crippen LogP contribution < -0.4 is 0 Å². The Morgan fingerprint density at radius 3 is 2.59 bits per heavy atom. The van der Waals surface area contributed by atoms with Gasteiger partial charge in [0.1, 0.15) is 0 Å². The molecule has 0 aromatic carbocycles. The van der Waals surface area contributed by atoms with E-state index < -0.39 is 12.1 Å². The Bertz CT molecular complexity index is 895. The fourth-order valence-electron chi connectivity index (χ4n) is 4.20. The average molecular weight is 472 g/mol. The number of likely N-dealkylation sites (tertiary alicyclic amines) is 2. The Balaban J connectivity index is 0.000000360. The van der Waals surface area contributed by atoms with Gasteiger partial charge in [-0.1, -0.05) is 12.1 Å². The summed E-state index contributed by atoms with van der Waals surface area (Å²) in [6, 6.07) is 8.18. The number of fused-ring (bicyclic) bond motifs is 1. The number of amides is 1. The summed E-state index contributed by atoms with van der Waals surface area (Å²) in [6.07, 6.45) is -0.216. The zero-order valence-electron chi connectivity index (χ0n) is 17.4. The Kier molecular flexibility index (Phi) is 7.86. The number of carbonyl (C=O) groups excluding carboxylic acids is 1. The number of thiophene rings is 1. The summed E-state index contributed by atoms with van der Waals surface area (Å²) in [5, 5.41) is 9.09. The number of carboxylic acid groups (broad SMARTS) is 1. The van der Waals surface area contributed by atoms with Crippen molar-refractivity contribution >= 4 is 23.2 Å². The number of aliphatic carboxylic acids is 1. The highest BCUT2D eigenvalue weighted by molar-refractivity contribution is 7.12. The summed E-state index contributed by atoms with van der Waals surface area (Å²) in [5.41, 5.74) is 1.21. The number of ether oxygens (including phenoxy) is 1. The van der Waals surface area contributed by atoms with Crippen LogP contribution in [0.5, 0.6) is 0 Å². The van der Waals surface area contributed by atoms with E-state index in [1.54, 1.807) is 13.3 Å². The number of halogens is 3. The van der Waals surface area contributed by atoms with E-state index in [9.17, 15) is 18.0 Å². The lowest BCUT2D eigenvalue weighted by Gasteiger charge is -2.40. The molecule has 1 N–H and O–H groups in total. The molecule has 0 spiro atoms. The molecule has 4 rings (SSSR count). The van der Waals surface area contributed by atoms with Gasteiger partial charge in [0.25, 0.3) is 5.91 Å². The molecular weight excluding hydrogens is 447 g/mol. The third-order valence-electron chi connectivity index (χ3n) is 5.61. The minimum absolute atomic E-state index is 0.169. The molecule has 1 amide bonds. The molecule has 2 aliphatic heterocycles. The topological polar surface area (TPSA) is 83.0 Å². The molecule has 0 saturated carbocycles. The molecule has 7 nitrogen and oxygen atoms in total. The number of nitrogens with zero attached hydrogens (tertiary/aromatic N) is 3. The van der Waals surface area contributed by atoms with Crippen molar-refractivity contribution in [2.45, 2.75) is 31.3 Å². The van der Waals surface area contributed by atoms with Crippen LogP contribution in [0.4, 0.5) is 13.2 Å². The van der Waals surface area contributed by atoms with E-state index in [0.29, 0.717) is 5.92 Å². The van der Waals surface area contributed by atoms with Crippen LogP contribution in [0.25, 0.3) is 0 Å². The molecule has 11 heteroatoms. The van der Waals surface area contributed by atoms with Crippen LogP contribution in [0.1, 0.15) is 21.7 Å². The number of hydrogen-bond acceptors (Lipinski definition) is 6. The number of piperidine rings is 1. The van der Waals surface area contributed by atoms with Crippen LogP contribution >= 0.6 is 11.3 Å². The number of rotatable bonds is 4. The third-order valence-corrected chi connectivity index (χ3v) is 6.47. The lowest BCUT2D eigenvalue weighted by Crippen LogP contribution is -2.53. The second-order valence-electron chi connectivity index (χ2n) is 7.63. The lowest BCUT2D eigenvalue weighted by atomic mass is 9.89. The van der Waals surface area contributed by atoms with E-state index in [0.717, 1.165) is 37.5 Å². The van der Waals surface area contributed by atoms with Gasteiger partial charge in [0.15, 0.2) is 0 Å². The molecule has 2 aliphatic rings. The van der Waals surface area contributed by atoms with Crippen molar-refractivity contribution < 1.29 is 32.6 Å². The normalized spacial score (nSPS) is 23.2. The number of carbonyl (C=O) groups is 2. The highest BCUT2D eigenvalue weighted by Crippen LogP contribution is 2.34. The van der Waals surface area contributed by atoms with Gasteiger partial charge in [0.2, 0.25) is 0 Å². The molecule has 174 valence electrons. The van der Waals surface area contributed by atoms with Crippen molar-refractivity contribution in [3.8, 4) is 0 Å². The van der Waals surface area contributed by atoms with Gasteiger partial charge in [-0.3, -0.25) is 14.7 Å². The second kappa shape index (κ2) is 10.4. The van der Waals surface area contributed by atoms with Gasteiger partial charge in [0, 0.05) is 51.6 Å².